The second-order valence-electron chi connectivity index (χ2n) is 4.33. The molecule has 2 N–H and O–H groups in total. The predicted octanol–water partition coefficient (Wildman–Crippen LogP) is 3.18. The molecule has 0 radical (unpaired) electrons. The van der Waals surface area contributed by atoms with E-state index < -0.39 is 12.6 Å². The zero-order chi connectivity index (χ0) is 12.9. The Hall–Kier alpha value is -1.04. The Labute approximate surface area is 98.8 Å². The van der Waals surface area contributed by atoms with Crippen molar-refractivity contribution in [2.24, 2.45) is 0 Å². The molecule has 6 heteroatoms. The average Bonchev–Trinajstić information content (AvgIpc) is 2.67. The number of nitrogens with zero attached hydrogens (tertiary/aromatic N) is 1. The second kappa shape index (κ2) is 6.05. The van der Waals surface area contributed by atoms with Crippen LogP contribution in [0.15, 0.2) is 12.4 Å². The third-order valence-corrected chi connectivity index (χ3v) is 2.65. The van der Waals surface area contributed by atoms with Crippen LogP contribution in [0.2, 0.25) is 0 Å². The number of rotatable bonds is 6. The molecule has 2 atom stereocenters. The van der Waals surface area contributed by atoms with Crippen molar-refractivity contribution >= 4 is 0 Å². The number of hydrogen-bond acceptors (Lipinski definition) is 2. The molecule has 1 rings (SSSR count). The van der Waals surface area contributed by atoms with Gasteiger partial charge in [-0.15, -0.1) is 0 Å². The Bertz CT molecular complexity index is 308. The van der Waals surface area contributed by atoms with E-state index in [9.17, 15) is 13.2 Å². The lowest BCUT2D eigenvalue weighted by molar-refractivity contribution is -0.135. The van der Waals surface area contributed by atoms with Crippen molar-refractivity contribution in [1.82, 2.24) is 15.5 Å². The van der Waals surface area contributed by atoms with Crippen molar-refractivity contribution < 1.29 is 13.2 Å². The van der Waals surface area contributed by atoms with Gasteiger partial charge in [0.2, 0.25) is 0 Å². The zero-order valence-electron chi connectivity index (χ0n) is 10.0. The number of aromatic nitrogens is 2. The smallest absolute Gasteiger partial charge is 0.308 e. The van der Waals surface area contributed by atoms with E-state index in [0.717, 1.165) is 5.56 Å². The Balaban J connectivity index is 2.23. The lowest BCUT2D eigenvalue weighted by Gasteiger charge is -2.19. The minimum Gasteiger partial charge on any atom is -0.308 e. The molecule has 1 aromatic heterocycles. The molecule has 0 aliphatic heterocycles. The van der Waals surface area contributed by atoms with E-state index in [1.54, 1.807) is 12.4 Å². The molecule has 17 heavy (non-hydrogen) atoms. The van der Waals surface area contributed by atoms with E-state index >= 15 is 0 Å². The Morgan fingerprint density at radius 3 is 2.65 bits per heavy atom. The third-order valence-electron chi connectivity index (χ3n) is 2.65. The standard InChI is InChI=1S/C11H18F3N3/c1-8(4-3-5-11(12,13)14)17-9(2)10-6-15-16-7-10/h6-9,17H,3-5H2,1-2H3,(H,15,16). The lowest BCUT2D eigenvalue weighted by atomic mass is 10.1. The van der Waals surface area contributed by atoms with Gasteiger partial charge in [0.25, 0.3) is 0 Å². The van der Waals surface area contributed by atoms with Crippen LogP contribution < -0.4 is 5.32 Å². The fraction of sp³-hybridized carbons (Fsp3) is 0.727. The summed E-state index contributed by atoms with van der Waals surface area (Å²) in [6.07, 6.45) is -0.591. The van der Waals surface area contributed by atoms with Gasteiger partial charge < -0.3 is 5.32 Å². The molecule has 0 aromatic carbocycles. The average molecular weight is 249 g/mol. The lowest BCUT2D eigenvalue weighted by Crippen LogP contribution is -2.29. The molecule has 0 spiro atoms. The highest BCUT2D eigenvalue weighted by atomic mass is 19.4. The topological polar surface area (TPSA) is 40.7 Å². The number of aromatic amines is 1. The van der Waals surface area contributed by atoms with Crippen molar-refractivity contribution in [2.45, 2.75) is 51.4 Å². The number of H-pyrrole nitrogens is 1. The van der Waals surface area contributed by atoms with Gasteiger partial charge in [-0.3, -0.25) is 5.10 Å². The number of nitrogens with one attached hydrogen (secondary N) is 2. The van der Waals surface area contributed by atoms with Gasteiger partial charge >= 0.3 is 6.18 Å². The van der Waals surface area contributed by atoms with Gasteiger partial charge in [-0.1, -0.05) is 0 Å². The van der Waals surface area contributed by atoms with Gasteiger partial charge in [0.15, 0.2) is 0 Å². The van der Waals surface area contributed by atoms with Crippen molar-refractivity contribution in [1.29, 1.82) is 0 Å². The molecule has 0 aliphatic carbocycles. The van der Waals surface area contributed by atoms with Crippen LogP contribution in [0, 0.1) is 0 Å². The highest BCUT2D eigenvalue weighted by Crippen LogP contribution is 2.23. The summed E-state index contributed by atoms with van der Waals surface area (Å²) in [5, 5.41) is 9.78. The summed E-state index contributed by atoms with van der Waals surface area (Å²) in [5.74, 6) is 0. The van der Waals surface area contributed by atoms with E-state index in [1.807, 2.05) is 13.8 Å². The van der Waals surface area contributed by atoms with Crippen LogP contribution in [0.4, 0.5) is 13.2 Å². The first-order valence-electron chi connectivity index (χ1n) is 5.70. The second-order valence-corrected chi connectivity index (χ2v) is 4.33. The summed E-state index contributed by atoms with van der Waals surface area (Å²) in [6, 6.07) is 0.150. The predicted molar refractivity (Wildman–Crippen MR) is 59.5 cm³/mol. The van der Waals surface area contributed by atoms with E-state index in [0.29, 0.717) is 6.42 Å². The molecule has 0 saturated carbocycles. The molecule has 0 amide bonds. The van der Waals surface area contributed by atoms with Crippen LogP contribution in [0.5, 0.6) is 0 Å². The maximum absolute atomic E-state index is 12.0. The Morgan fingerprint density at radius 2 is 2.12 bits per heavy atom. The number of alkyl halides is 3. The molecule has 0 fully saturated rings. The molecule has 0 bridgehead atoms. The van der Waals surface area contributed by atoms with Crippen molar-refractivity contribution in [3.05, 3.63) is 18.0 Å². The van der Waals surface area contributed by atoms with Crippen molar-refractivity contribution in [3.8, 4) is 0 Å². The summed E-state index contributed by atoms with van der Waals surface area (Å²) in [7, 11) is 0. The molecular weight excluding hydrogens is 231 g/mol. The highest BCUT2D eigenvalue weighted by molar-refractivity contribution is 5.08. The van der Waals surface area contributed by atoms with Crippen LogP contribution >= 0.6 is 0 Å². The SMILES string of the molecule is CC(CCCC(F)(F)F)NC(C)c1cn[nH]c1. The van der Waals surface area contributed by atoms with Crippen LogP contribution in [0.1, 0.15) is 44.7 Å². The summed E-state index contributed by atoms with van der Waals surface area (Å²) < 4.78 is 35.9. The highest BCUT2D eigenvalue weighted by Gasteiger charge is 2.26. The fourth-order valence-electron chi connectivity index (χ4n) is 1.71. The first-order chi connectivity index (χ1) is 7.88. The third kappa shape index (κ3) is 5.72. The Morgan fingerprint density at radius 1 is 1.41 bits per heavy atom. The number of halogens is 3. The first kappa shape index (κ1) is 14.0. The molecule has 0 saturated heterocycles. The number of hydrogen-bond donors (Lipinski definition) is 2. The fourth-order valence-corrected chi connectivity index (χ4v) is 1.71. The van der Waals surface area contributed by atoms with Crippen molar-refractivity contribution in [2.75, 3.05) is 0 Å². The van der Waals surface area contributed by atoms with Gasteiger partial charge in [0.1, 0.15) is 0 Å². The van der Waals surface area contributed by atoms with Gasteiger partial charge in [-0.25, -0.2) is 0 Å². The van der Waals surface area contributed by atoms with Crippen molar-refractivity contribution in [3.63, 3.8) is 0 Å². The molecule has 98 valence electrons. The molecule has 2 unspecified atom stereocenters. The summed E-state index contributed by atoms with van der Waals surface area (Å²) in [4.78, 5) is 0. The van der Waals surface area contributed by atoms with E-state index in [4.69, 9.17) is 0 Å². The molecule has 3 nitrogen and oxygen atoms in total. The van der Waals surface area contributed by atoms with Crippen LogP contribution in [0.25, 0.3) is 0 Å². The van der Waals surface area contributed by atoms with E-state index in [1.165, 1.54) is 0 Å². The quantitative estimate of drug-likeness (QED) is 0.813. The maximum atomic E-state index is 12.0. The molecular formula is C11H18F3N3. The normalized spacial score (nSPS) is 15.8. The van der Waals surface area contributed by atoms with Crippen LogP contribution in [0.3, 0.4) is 0 Å². The minimum absolute atomic E-state index is 0.0576. The monoisotopic (exact) mass is 249 g/mol. The Kier molecular flexibility index (Phi) is 4.99. The van der Waals surface area contributed by atoms with Gasteiger partial charge in [-0.05, 0) is 26.7 Å². The van der Waals surface area contributed by atoms with Crippen LogP contribution in [-0.4, -0.2) is 22.4 Å². The van der Waals surface area contributed by atoms with E-state index in [-0.39, 0.29) is 18.5 Å². The van der Waals surface area contributed by atoms with Crippen LogP contribution in [-0.2, 0) is 0 Å². The summed E-state index contributed by atoms with van der Waals surface area (Å²) >= 11 is 0. The van der Waals surface area contributed by atoms with Gasteiger partial charge in [0.05, 0.1) is 6.20 Å². The molecule has 1 heterocycles. The minimum atomic E-state index is -4.05. The maximum Gasteiger partial charge on any atom is 0.389 e. The summed E-state index contributed by atoms with van der Waals surface area (Å²) in [6.45, 7) is 3.86. The van der Waals surface area contributed by atoms with E-state index in [2.05, 4.69) is 15.5 Å². The molecule has 0 aliphatic rings. The largest absolute Gasteiger partial charge is 0.389 e. The van der Waals surface area contributed by atoms with Gasteiger partial charge in [0, 0.05) is 30.3 Å². The summed E-state index contributed by atoms with van der Waals surface area (Å²) in [5.41, 5.74) is 1.01. The molecule has 1 aromatic rings. The zero-order valence-corrected chi connectivity index (χ0v) is 10.0. The first-order valence-corrected chi connectivity index (χ1v) is 5.70. The van der Waals surface area contributed by atoms with Gasteiger partial charge in [-0.2, -0.15) is 18.3 Å².